The fourth-order valence-electron chi connectivity index (χ4n) is 6.49. The minimum Gasteiger partial charge on any atom is -0.481 e. The number of thiol groups is 1. The lowest BCUT2D eigenvalue weighted by atomic mass is 9.97. The number of aliphatic imine (C=N–C) groups is 1. The fourth-order valence-corrected chi connectivity index (χ4v) is 6.75. The Kier molecular flexibility index (Phi) is 31.6. The molecule has 0 aliphatic carbocycles. The summed E-state index contributed by atoms with van der Waals surface area (Å²) in [6.07, 6.45) is -2.55. The molecule has 0 heterocycles. The van der Waals surface area contributed by atoms with Crippen molar-refractivity contribution in [3.8, 4) is 0 Å². The Bertz CT molecular complexity index is 2100. The van der Waals surface area contributed by atoms with Gasteiger partial charge in [-0.2, -0.15) is 12.6 Å². The van der Waals surface area contributed by atoms with E-state index in [2.05, 4.69) is 60.2 Å². The summed E-state index contributed by atoms with van der Waals surface area (Å²) in [6.45, 7) is 5.50. The first kappa shape index (κ1) is 68.6. The van der Waals surface area contributed by atoms with Gasteiger partial charge in [-0.25, -0.2) is 4.79 Å². The average molecular weight is 1110 g/mol. The molecule has 0 aromatic heterocycles. The molecular weight excluding hydrogens is 1030 g/mol. The third-order valence-electron chi connectivity index (χ3n) is 11.4. The molecule has 0 aliphatic rings. The molecule has 10 amide bonds. The summed E-state index contributed by atoms with van der Waals surface area (Å²) in [4.78, 5) is 170. The van der Waals surface area contributed by atoms with Crippen molar-refractivity contribution in [1.29, 1.82) is 0 Å². The van der Waals surface area contributed by atoms with Crippen LogP contribution in [0.1, 0.15) is 86.0 Å². The number of rotatable bonds is 37. The van der Waals surface area contributed by atoms with Crippen LogP contribution >= 0.6 is 12.6 Å². The van der Waals surface area contributed by atoms with E-state index >= 15 is 0 Å². The van der Waals surface area contributed by atoms with Crippen LogP contribution in [-0.4, -0.2) is 194 Å². The molecule has 0 bridgehead atoms. The van der Waals surface area contributed by atoms with Gasteiger partial charge in [-0.1, -0.05) is 40.5 Å². The molecule has 32 nitrogen and oxygen atoms in total. The van der Waals surface area contributed by atoms with Gasteiger partial charge in [0.1, 0.15) is 54.4 Å². The number of aliphatic carboxylic acids is 3. The van der Waals surface area contributed by atoms with Gasteiger partial charge in [0.05, 0.1) is 32.1 Å². The summed E-state index contributed by atoms with van der Waals surface area (Å²) in [5.74, 6) is -17.6. The largest absolute Gasteiger partial charge is 0.481 e. The van der Waals surface area contributed by atoms with E-state index in [0.717, 1.165) is 6.92 Å². The van der Waals surface area contributed by atoms with E-state index in [4.69, 9.17) is 28.0 Å². The molecule has 76 heavy (non-hydrogen) atoms. The Labute approximate surface area is 441 Å². The molecule has 0 aromatic rings. The minimum absolute atomic E-state index is 0.0949. The molecule has 0 saturated carbocycles. The first-order chi connectivity index (χ1) is 35.5. The number of nitrogens with zero attached hydrogens (tertiary/aromatic N) is 1. The van der Waals surface area contributed by atoms with Crippen molar-refractivity contribution < 1.29 is 87.9 Å². The summed E-state index contributed by atoms with van der Waals surface area (Å²) >= 11 is 4.11. The van der Waals surface area contributed by atoms with E-state index in [-0.39, 0.29) is 31.8 Å². The highest BCUT2D eigenvalue weighted by molar-refractivity contribution is 7.80. The van der Waals surface area contributed by atoms with Crippen molar-refractivity contribution in [2.24, 2.45) is 39.8 Å². The zero-order chi connectivity index (χ0) is 58.6. The topological polar surface area (TPSA) is 548 Å². The number of primary amides is 1. The van der Waals surface area contributed by atoms with Crippen LogP contribution in [0.3, 0.4) is 0 Å². The lowest BCUT2D eigenvalue weighted by Crippen LogP contribution is -2.62. The van der Waals surface area contributed by atoms with E-state index in [0.29, 0.717) is 6.42 Å². The molecular formula is C43H74N14O18S. The highest BCUT2D eigenvalue weighted by Crippen LogP contribution is 2.12. The maximum absolute atomic E-state index is 13.9. The quantitative estimate of drug-likeness (QED) is 0.0119. The summed E-state index contributed by atoms with van der Waals surface area (Å²) in [7, 11) is 0. The number of aliphatic hydroxyl groups is 2. The number of carboxylic acid groups (broad SMARTS) is 3. The first-order valence-electron chi connectivity index (χ1n) is 23.8. The zero-order valence-corrected chi connectivity index (χ0v) is 43.6. The monoisotopic (exact) mass is 1110 g/mol. The number of amides is 10. The van der Waals surface area contributed by atoms with Crippen LogP contribution < -0.4 is 70.8 Å². The van der Waals surface area contributed by atoms with Crippen LogP contribution in [0, 0.1) is 11.8 Å². The van der Waals surface area contributed by atoms with Crippen LogP contribution in [0.4, 0.5) is 0 Å². The maximum Gasteiger partial charge on any atom is 0.326 e. The first-order valence-corrected chi connectivity index (χ1v) is 24.4. The van der Waals surface area contributed by atoms with Gasteiger partial charge >= 0.3 is 17.9 Å². The Morgan fingerprint density at radius 2 is 0.921 bits per heavy atom. The average Bonchev–Trinajstić information content (AvgIpc) is 3.35. The predicted molar refractivity (Wildman–Crippen MR) is 268 cm³/mol. The highest BCUT2D eigenvalue weighted by atomic mass is 32.1. The Hall–Kier alpha value is -7.39. The van der Waals surface area contributed by atoms with Gasteiger partial charge in [0, 0.05) is 18.7 Å². The highest BCUT2D eigenvalue weighted by Gasteiger charge is 2.37. The normalized spacial score (nSPS) is 15.6. The van der Waals surface area contributed by atoms with Gasteiger partial charge in [-0.15, -0.1) is 0 Å². The third kappa shape index (κ3) is 25.2. The van der Waals surface area contributed by atoms with Gasteiger partial charge in [0.25, 0.3) is 0 Å². The molecule has 0 unspecified atom stereocenters. The van der Waals surface area contributed by atoms with Crippen molar-refractivity contribution in [3.05, 3.63) is 0 Å². The van der Waals surface area contributed by atoms with Gasteiger partial charge in [0.15, 0.2) is 5.96 Å². The van der Waals surface area contributed by atoms with Gasteiger partial charge < -0.3 is 96.3 Å². The zero-order valence-electron chi connectivity index (χ0n) is 42.7. The smallest absolute Gasteiger partial charge is 0.326 e. The Balaban J connectivity index is 6.28. The molecule has 0 radical (unpaired) electrons. The number of hydrogen-bond acceptors (Lipinski definition) is 18. The van der Waals surface area contributed by atoms with Crippen molar-refractivity contribution in [3.63, 3.8) is 0 Å². The third-order valence-corrected chi connectivity index (χ3v) is 11.8. The van der Waals surface area contributed by atoms with Crippen molar-refractivity contribution in [2.45, 2.75) is 146 Å². The number of guanidine groups is 1. The van der Waals surface area contributed by atoms with Crippen LogP contribution in [0.15, 0.2) is 4.99 Å². The molecule has 430 valence electrons. The number of aliphatic hydroxyl groups excluding tert-OH is 2. The van der Waals surface area contributed by atoms with E-state index in [1.807, 2.05) is 5.32 Å². The summed E-state index contributed by atoms with van der Waals surface area (Å²) in [6, 6.07) is -16.3. The number of nitrogens with one attached hydrogen (secondary N) is 9. The lowest BCUT2D eigenvalue weighted by Gasteiger charge is -2.29. The molecule has 33 heteroatoms. The second-order valence-electron chi connectivity index (χ2n) is 17.5. The van der Waals surface area contributed by atoms with Crippen LogP contribution in [0.25, 0.3) is 0 Å². The SMILES string of the molecule is CC[C@H](C)[C@H](NC(=O)[C@H](C)NC(=O)[C@H](CO)NC(=O)[C@H](CCC(=O)O)NC(=O)[C@H](CC(N)=O)NC(=O)[C@@H](NC(=O)[C@H](CS)NC(=O)[C@H](CO)NC(=O)[C@@H](N)CCCN=C(N)N)[C@@H](C)CC)C(=O)N[C@@H](CC(=O)O)C(=O)O. The number of carbonyl (C=O) groups is 13. The van der Waals surface area contributed by atoms with Gasteiger partial charge in [0.2, 0.25) is 59.1 Å². The van der Waals surface area contributed by atoms with Crippen LogP contribution in [-0.2, 0) is 62.3 Å². The number of hydrogen-bond donors (Lipinski definition) is 19. The number of carbonyl (C=O) groups excluding carboxylic acids is 10. The summed E-state index contributed by atoms with van der Waals surface area (Å²) < 4.78 is 0. The van der Waals surface area contributed by atoms with Crippen molar-refractivity contribution in [1.82, 2.24) is 47.9 Å². The van der Waals surface area contributed by atoms with E-state index < -0.39 is 194 Å². The van der Waals surface area contributed by atoms with Crippen molar-refractivity contribution in [2.75, 3.05) is 25.5 Å². The van der Waals surface area contributed by atoms with Gasteiger partial charge in [-0.3, -0.25) is 62.5 Å². The number of carboxylic acids is 3. The lowest BCUT2D eigenvalue weighted by molar-refractivity contribution is -0.147. The molecule has 0 aromatic carbocycles. The fraction of sp³-hybridized carbons (Fsp3) is 0.674. The molecule has 0 rings (SSSR count). The number of nitrogens with two attached hydrogens (primary N) is 4. The maximum atomic E-state index is 13.9. The molecule has 12 atom stereocenters. The van der Waals surface area contributed by atoms with E-state index in [1.165, 1.54) is 13.8 Å². The van der Waals surface area contributed by atoms with Gasteiger partial charge in [-0.05, 0) is 38.0 Å². The van der Waals surface area contributed by atoms with E-state index in [1.54, 1.807) is 13.8 Å². The predicted octanol–water partition coefficient (Wildman–Crippen LogP) is -7.94. The second-order valence-corrected chi connectivity index (χ2v) is 17.8. The summed E-state index contributed by atoms with van der Waals surface area (Å²) in [5, 5.41) is 67.9. The second kappa shape index (κ2) is 35.0. The van der Waals surface area contributed by atoms with Crippen LogP contribution in [0.5, 0.6) is 0 Å². The molecule has 0 fully saturated rings. The van der Waals surface area contributed by atoms with Crippen molar-refractivity contribution >= 4 is 95.6 Å². The summed E-state index contributed by atoms with van der Waals surface area (Å²) in [5.41, 5.74) is 21.8. The molecule has 0 spiro atoms. The molecule has 22 N–H and O–H groups in total. The minimum atomic E-state index is -1.91. The van der Waals surface area contributed by atoms with E-state index in [9.17, 15) is 82.8 Å². The Morgan fingerprint density at radius 1 is 0.500 bits per heavy atom. The molecule has 0 aliphatic heterocycles. The standard InChI is InChI=1S/C43H74N14O18S/c1-6-18(3)31(41(73)52-24(42(74)75)14-30(63)64)56-33(65)20(5)49-37(69)25(15-58)54-35(67)22(10-11-29(61)62)50-36(68)23(13-28(45)60)51-40(72)32(19(4)7-2)57-39(71)27(17-76)55-38(70)26(16-59)53-34(66)21(44)9-8-12-48-43(46)47/h18-27,31-32,58-59,76H,6-17,44H2,1-5H3,(H2,45,60)(H,49,69)(H,50,68)(H,51,72)(H,52,73)(H,53,66)(H,54,67)(H,55,70)(H,56,65)(H,57,71)(H,61,62)(H,63,64)(H,74,75)(H4,46,47,48)/t18-,19-,20-,21-,22-,23-,24-,25-,26-,27-,31-,32-/m0/s1. The Morgan fingerprint density at radius 3 is 1.37 bits per heavy atom. The molecule has 0 saturated heterocycles. The van der Waals surface area contributed by atoms with Crippen LogP contribution in [0.2, 0.25) is 0 Å².